The predicted octanol–water partition coefficient (Wildman–Crippen LogP) is 4.49. The molecule has 30 heavy (non-hydrogen) atoms. The number of methoxy groups -OCH3 is 1. The standard InChI is InChI=1S/C22H23ClN2O3S2/c1-28-21-7-6-19(23)12-22(21)30(26,27)24-13-20(18-9-11-29-15-18)25-10-8-16-4-2-3-5-17(16)14-25/h2-7,9,11-12,15,20,24H,8,10,13-14H2,1H3/t20-/m0/s1. The van der Waals surface area contributed by atoms with Crippen LogP contribution in [-0.2, 0) is 23.0 Å². The van der Waals surface area contributed by atoms with Crippen LogP contribution in [0, 0.1) is 0 Å². The van der Waals surface area contributed by atoms with Crippen molar-refractivity contribution in [1.29, 1.82) is 0 Å². The molecule has 3 aromatic rings. The number of nitrogens with zero attached hydrogens (tertiary/aromatic N) is 1. The average molecular weight is 463 g/mol. The number of halogens is 1. The van der Waals surface area contributed by atoms with Crippen LogP contribution < -0.4 is 9.46 Å². The largest absolute Gasteiger partial charge is 0.495 e. The molecule has 2 heterocycles. The SMILES string of the molecule is COc1ccc(Cl)cc1S(=O)(=O)NC[C@@H](c1ccsc1)N1CCc2ccccc2C1. The number of hydrogen-bond donors (Lipinski definition) is 1. The molecule has 4 rings (SSSR count). The maximum absolute atomic E-state index is 13.1. The number of sulfonamides is 1. The van der Waals surface area contributed by atoms with E-state index in [0.717, 1.165) is 25.1 Å². The second kappa shape index (κ2) is 9.08. The molecule has 0 amide bonds. The Kier molecular flexibility index (Phi) is 6.46. The molecule has 0 bridgehead atoms. The summed E-state index contributed by atoms with van der Waals surface area (Å²) in [5.41, 5.74) is 3.77. The van der Waals surface area contributed by atoms with Gasteiger partial charge in [0.15, 0.2) is 0 Å². The molecule has 5 nitrogen and oxygen atoms in total. The van der Waals surface area contributed by atoms with Crippen molar-refractivity contribution in [3.8, 4) is 5.75 Å². The van der Waals surface area contributed by atoms with Crippen LogP contribution in [0.4, 0.5) is 0 Å². The summed E-state index contributed by atoms with van der Waals surface area (Å²) in [6, 6.07) is 15.0. The Morgan fingerprint density at radius 2 is 2.00 bits per heavy atom. The molecule has 0 fully saturated rings. The molecule has 1 aromatic heterocycles. The molecule has 158 valence electrons. The topological polar surface area (TPSA) is 58.6 Å². The van der Waals surface area contributed by atoms with Crippen molar-refractivity contribution in [3.05, 3.63) is 81.0 Å². The van der Waals surface area contributed by atoms with Gasteiger partial charge in [-0.15, -0.1) is 0 Å². The fourth-order valence-electron chi connectivity index (χ4n) is 3.83. The fraction of sp³-hybridized carbons (Fsp3) is 0.273. The molecule has 0 spiro atoms. The number of benzene rings is 2. The van der Waals surface area contributed by atoms with E-state index in [1.54, 1.807) is 23.5 Å². The van der Waals surface area contributed by atoms with Crippen molar-refractivity contribution in [2.75, 3.05) is 20.2 Å². The van der Waals surface area contributed by atoms with Gasteiger partial charge < -0.3 is 4.74 Å². The third-order valence-corrected chi connectivity index (χ3v) is 7.79. The molecule has 0 unspecified atom stereocenters. The van der Waals surface area contributed by atoms with E-state index in [2.05, 4.69) is 45.3 Å². The minimum absolute atomic E-state index is 0.0468. The summed E-state index contributed by atoms with van der Waals surface area (Å²) < 4.78 is 34.1. The van der Waals surface area contributed by atoms with Crippen LogP contribution in [0.1, 0.15) is 22.7 Å². The first-order valence-electron chi connectivity index (χ1n) is 9.64. The lowest BCUT2D eigenvalue weighted by Crippen LogP contribution is -2.40. The number of thiophene rings is 1. The molecule has 0 saturated carbocycles. The Hall–Kier alpha value is -1.90. The van der Waals surface area contributed by atoms with Gasteiger partial charge in [-0.3, -0.25) is 4.90 Å². The lowest BCUT2D eigenvalue weighted by atomic mass is 9.97. The monoisotopic (exact) mass is 462 g/mol. The van der Waals surface area contributed by atoms with Crippen LogP contribution in [-0.4, -0.2) is 33.5 Å². The fourth-order valence-corrected chi connectivity index (χ4v) is 6.01. The van der Waals surface area contributed by atoms with Crippen LogP contribution in [0.5, 0.6) is 5.75 Å². The molecule has 0 saturated heterocycles. The van der Waals surface area contributed by atoms with Crippen LogP contribution in [0.2, 0.25) is 5.02 Å². The van der Waals surface area contributed by atoms with E-state index in [1.807, 2.05) is 5.38 Å². The highest BCUT2D eigenvalue weighted by atomic mass is 35.5. The first kappa shape index (κ1) is 21.3. The van der Waals surface area contributed by atoms with Crippen molar-refractivity contribution in [2.45, 2.75) is 23.9 Å². The molecule has 0 radical (unpaired) electrons. The molecule has 1 aliphatic heterocycles. The van der Waals surface area contributed by atoms with Crippen molar-refractivity contribution in [3.63, 3.8) is 0 Å². The van der Waals surface area contributed by atoms with E-state index in [4.69, 9.17) is 16.3 Å². The summed E-state index contributed by atoms with van der Waals surface area (Å²) in [5.74, 6) is 0.269. The molecule has 2 aromatic carbocycles. The Labute approximate surface area is 186 Å². The zero-order chi connectivity index (χ0) is 21.1. The second-order valence-corrected chi connectivity index (χ2v) is 10.2. The van der Waals surface area contributed by atoms with E-state index < -0.39 is 10.0 Å². The van der Waals surface area contributed by atoms with Gasteiger partial charge in [0.25, 0.3) is 0 Å². The molecular formula is C22H23ClN2O3S2. The summed E-state index contributed by atoms with van der Waals surface area (Å²) in [6.07, 6.45) is 0.950. The van der Waals surface area contributed by atoms with Crippen LogP contribution in [0.3, 0.4) is 0 Å². The number of fused-ring (bicyclic) bond motifs is 1. The average Bonchev–Trinajstić information content (AvgIpc) is 3.28. The Balaban J connectivity index is 1.58. The minimum atomic E-state index is -3.79. The lowest BCUT2D eigenvalue weighted by molar-refractivity contribution is 0.180. The summed E-state index contributed by atoms with van der Waals surface area (Å²) in [4.78, 5) is 2.38. The van der Waals surface area contributed by atoms with Gasteiger partial charge in [0.1, 0.15) is 10.6 Å². The summed E-state index contributed by atoms with van der Waals surface area (Å²) in [7, 11) is -2.35. The lowest BCUT2D eigenvalue weighted by Gasteiger charge is -2.35. The number of ether oxygens (including phenoxy) is 1. The van der Waals surface area contributed by atoms with Crippen molar-refractivity contribution < 1.29 is 13.2 Å². The van der Waals surface area contributed by atoms with E-state index in [1.165, 1.54) is 24.3 Å². The molecular weight excluding hydrogens is 440 g/mol. The smallest absolute Gasteiger partial charge is 0.244 e. The van der Waals surface area contributed by atoms with Gasteiger partial charge >= 0.3 is 0 Å². The Morgan fingerprint density at radius 3 is 2.73 bits per heavy atom. The van der Waals surface area contributed by atoms with Gasteiger partial charge in [-0.1, -0.05) is 35.9 Å². The zero-order valence-corrected chi connectivity index (χ0v) is 18.9. The maximum Gasteiger partial charge on any atom is 0.244 e. The first-order chi connectivity index (χ1) is 14.5. The van der Waals surface area contributed by atoms with Gasteiger partial charge in [-0.2, -0.15) is 11.3 Å². The number of rotatable bonds is 7. The third-order valence-electron chi connectivity index (χ3n) is 5.41. The van der Waals surface area contributed by atoms with E-state index in [9.17, 15) is 8.42 Å². The van der Waals surface area contributed by atoms with Gasteiger partial charge in [-0.05, 0) is 58.1 Å². The first-order valence-corrected chi connectivity index (χ1v) is 12.4. The van der Waals surface area contributed by atoms with Gasteiger partial charge in [0, 0.05) is 30.7 Å². The molecule has 0 aliphatic carbocycles. The third kappa shape index (κ3) is 4.55. The number of hydrogen-bond acceptors (Lipinski definition) is 5. The predicted molar refractivity (Wildman–Crippen MR) is 121 cm³/mol. The zero-order valence-electron chi connectivity index (χ0n) is 16.5. The molecule has 1 aliphatic rings. The van der Waals surface area contributed by atoms with Crippen molar-refractivity contribution >= 4 is 33.0 Å². The summed E-state index contributed by atoms with van der Waals surface area (Å²) in [6.45, 7) is 1.93. The minimum Gasteiger partial charge on any atom is -0.495 e. The Morgan fingerprint density at radius 1 is 1.20 bits per heavy atom. The van der Waals surface area contributed by atoms with Gasteiger partial charge in [0.2, 0.25) is 10.0 Å². The van der Waals surface area contributed by atoms with Crippen LogP contribution in [0.15, 0.2) is 64.2 Å². The van der Waals surface area contributed by atoms with Gasteiger partial charge in [0.05, 0.1) is 7.11 Å². The normalized spacial score (nSPS) is 15.5. The van der Waals surface area contributed by atoms with Crippen molar-refractivity contribution in [2.24, 2.45) is 0 Å². The highest BCUT2D eigenvalue weighted by Crippen LogP contribution is 2.30. The summed E-state index contributed by atoms with van der Waals surface area (Å²) in [5, 5.41) is 4.45. The molecule has 1 N–H and O–H groups in total. The second-order valence-electron chi connectivity index (χ2n) is 7.21. The summed E-state index contributed by atoms with van der Waals surface area (Å²) >= 11 is 7.65. The van der Waals surface area contributed by atoms with Gasteiger partial charge in [-0.25, -0.2) is 13.1 Å². The molecule has 8 heteroatoms. The quantitative estimate of drug-likeness (QED) is 0.562. The Bertz CT molecular complexity index is 1120. The highest BCUT2D eigenvalue weighted by Gasteiger charge is 2.28. The highest BCUT2D eigenvalue weighted by molar-refractivity contribution is 7.89. The van der Waals surface area contributed by atoms with E-state index in [-0.39, 0.29) is 23.2 Å². The van der Waals surface area contributed by atoms with Crippen LogP contribution >= 0.6 is 22.9 Å². The number of nitrogens with one attached hydrogen (secondary N) is 1. The molecule has 1 atom stereocenters. The van der Waals surface area contributed by atoms with E-state index >= 15 is 0 Å². The van der Waals surface area contributed by atoms with Crippen molar-refractivity contribution in [1.82, 2.24) is 9.62 Å². The van der Waals surface area contributed by atoms with Crippen LogP contribution in [0.25, 0.3) is 0 Å². The van der Waals surface area contributed by atoms with E-state index in [0.29, 0.717) is 5.02 Å². The maximum atomic E-state index is 13.1.